The number of anilines is 1. The summed E-state index contributed by atoms with van der Waals surface area (Å²) < 4.78 is 0.984. The molecule has 0 saturated heterocycles. The van der Waals surface area contributed by atoms with E-state index in [9.17, 15) is 4.79 Å². The number of nitrogens with one attached hydrogen (secondary N) is 1. The highest BCUT2D eigenvalue weighted by atomic mass is 79.9. The van der Waals surface area contributed by atoms with Crippen molar-refractivity contribution in [3.05, 3.63) is 28.2 Å². The molecule has 78 valence electrons. The van der Waals surface area contributed by atoms with Crippen LogP contribution in [0.25, 0.3) is 0 Å². The number of terminal acetylenes is 1. The van der Waals surface area contributed by atoms with Gasteiger partial charge in [-0.05, 0) is 24.6 Å². The molecule has 3 heteroatoms. The van der Waals surface area contributed by atoms with Crippen LogP contribution in [-0.4, -0.2) is 5.91 Å². The molecular formula is C12H12BrNO. The molecule has 0 heterocycles. The highest BCUT2D eigenvalue weighted by Crippen LogP contribution is 2.20. The molecule has 2 nitrogen and oxygen atoms in total. The maximum atomic E-state index is 11.3. The van der Waals surface area contributed by atoms with Gasteiger partial charge < -0.3 is 5.32 Å². The maximum absolute atomic E-state index is 11.3. The molecule has 0 unspecified atom stereocenters. The smallest absolute Gasteiger partial charge is 0.225 e. The number of carbonyl (C=O) groups is 1. The molecule has 0 aliphatic carbocycles. The number of benzene rings is 1. The SMILES string of the molecule is C#CCCC(=O)Nc1ccc(C)c(Br)c1. The monoisotopic (exact) mass is 265 g/mol. The highest BCUT2D eigenvalue weighted by Gasteiger charge is 2.02. The lowest BCUT2D eigenvalue weighted by Gasteiger charge is -2.05. The van der Waals surface area contributed by atoms with Gasteiger partial charge in [-0.3, -0.25) is 4.79 Å². The second kappa shape index (κ2) is 5.57. The Morgan fingerprint density at radius 3 is 2.93 bits per heavy atom. The lowest BCUT2D eigenvalue weighted by atomic mass is 10.2. The predicted octanol–water partition coefficient (Wildman–Crippen LogP) is 3.11. The first-order valence-electron chi connectivity index (χ1n) is 4.63. The second-order valence-corrected chi connectivity index (χ2v) is 4.07. The zero-order valence-electron chi connectivity index (χ0n) is 8.51. The molecule has 0 bridgehead atoms. The van der Waals surface area contributed by atoms with Crippen LogP contribution in [0.5, 0.6) is 0 Å². The summed E-state index contributed by atoms with van der Waals surface area (Å²) in [6.45, 7) is 1.99. The average molecular weight is 266 g/mol. The van der Waals surface area contributed by atoms with Gasteiger partial charge in [0.1, 0.15) is 0 Å². The van der Waals surface area contributed by atoms with E-state index in [1.165, 1.54) is 0 Å². The first-order valence-corrected chi connectivity index (χ1v) is 5.42. The molecule has 0 aromatic heterocycles. The standard InChI is InChI=1S/C12H12BrNO/c1-3-4-5-12(15)14-10-7-6-9(2)11(13)8-10/h1,6-8H,4-5H2,2H3,(H,14,15). The quantitative estimate of drug-likeness (QED) is 0.837. The third-order valence-corrected chi connectivity index (χ3v) is 2.81. The van der Waals surface area contributed by atoms with Crippen LogP contribution < -0.4 is 5.32 Å². The van der Waals surface area contributed by atoms with Gasteiger partial charge in [-0.1, -0.05) is 22.0 Å². The fourth-order valence-electron chi connectivity index (χ4n) is 1.08. The van der Waals surface area contributed by atoms with Gasteiger partial charge >= 0.3 is 0 Å². The number of aryl methyl sites for hydroxylation is 1. The van der Waals surface area contributed by atoms with Crippen LogP contribution in [-0.2, 0) is 4.79 Å². The van der Waals surface area contributed by atoms with E-state index in [-0.39, 0.29) is 5.91 Å². The van der Waals surface area contributed by atoms with E-state index in [2.05, 4.69) is 27.2 Å². The van der Waals surface area contributed by atoms with Crippen molar-refractivity contribution in [2.24, 2.45) is 0 Å². The van der Waals surface area contributed by atoms with Gasteiger partial charge in [0, 0.05) is 23.0 Å². The van der Waals surface area contributed by atoms with Crippen molar-refractivity contribution in [1.29, 1.82) is 0 Å². The van der Waals surface area contributed by atoms with Crippen LogP contribution in [0, 0.1) is 19.3 Å². The van der Waals surface area contributed by atoms with E-state index in [4.69, 9.17) is 6.42 Å². The van der Waals surface area contributed by atoms with Gasteiger partial charge in [0.25, 0.3) is 0 Å². The highest BCUT2D eigenvalue weighted by molar-refractivity contribution is 9.10. The molecule has 1 N–H and O–H groups in total. The third kappa shape index (κ3) is 3.77. The lowest BCUT2D eigenvalue weighted by molar-refractivity contribution is -0.116. The summed E-state index contributed by atoms with van der Waals surface area (Å²) in [4.78, 5) is 11.3. The minimum Gasteiger partial charge on any atom is -0.326 e. The van der Waals surface area contributed by atoms with Crippen LogP contribution in [0.3, 0.4) is 0 Å². The summed E-state index contributed by atoms with van der Waals surface area (Å²) in [5.74, 6) is 2.38. The van der Waals surface area contributed by atoms with Gasteiger partial charge in [-0.25, -0.2) is 0 Å². The van der Waals surface area contributed by atoms with Gasteiger partial charge in [-0.15, -0.1) is 12.3 Å². The van der Waals surface area contributed by atoms with Crippen molar-refractivity contribution in [3.8, 4) is 12.3 Å². The summed E-state index contributed by atoms with van der Waals surface area (Å²) in [7, 11) is 0. The van der Waals surface area contributed by atoms with Gasteiger partial charge in [0.15, 0.2) is 0 Å². The minimum absolute atomic E-state index is 0.0521. The number of hydrogen-bond acceptors (Lipinski definition) is 1. The molecule has 1 rings (SSSR count). The molecule has 0 atom stereocenters. The molecule has 0 radical (unpaired) electrons. The Balaban J connectivity index is 2.62. The van der Waals surface area contributed by atoms with E-state index in [1.807, 2.05) is 25.1 Å². The molecule has 1 aromatic carbocycles. The number of hydrogen-bond donors (Lipinski definition) is 1. The third-order valence-electron chi connectivity index (χ3n) is 1.95. The van der Waals surface area contributed by atoms with E-state index >= 15 is 0 Å². The molecule has 0 aliphatic heterocycles. The van der Waals surface area contributed by atoms with Crippen molar-refractivity contribution in [2.75, 3.05) is 5.32 Å². The van der Waals surface area contributed by atoms with Gasteiger partial charge in [0.05, 0.1) is 0 Å². The second-order valence-electron chi connectivity index (χ2n) is 3.22. The van der Waals surface area contributed by atoms with Crippen molar-refractivity contribution in [1.82, 2.24) is 0 Å². The Morgan fingerprint density at radius 1 is 1.60 bits per heavy atom. The van der Waals surface area contributed by atoms with E-state index in [1.54, 1.807) is 0 Å². The summed E-state index contributed by atoms with van der Waals surface area (Å²) in [6, 6.07) is 5.69. The first-order chi connectivity index (χ1) is 7.13. The zero-order valence-corrected chi connectivity index (χ0v) is 10.1. The van der Waals surface area contributed by atoms with Crippen LogP contribution in [0.1, 0.15) is 18.4 Å². The van der Waals surface area contributed by atoms with Gasteiger partial charge in [0.2, 0.25) is 5.91 Å². The van der Waals surface area contributed by atoms with Crippen molar-refractivity contribution >= 4 is 27.5 Å². The van der Waals surface area contributed by atoms with E-state index < -0.39 is 0 Å². The topological polar surface area (TPSA) is 29.1 Å². The Hall–Kier alpha value is -1.27. The summed E-state index contributed by atoms with van der Waals surface area (Å²) in [6.07, 6.45) is 5.91. The molecular weight excluding hydrogens is 254 g/mol. The molecule has 0 fully saturated rings. The van der Waals surface area contributed by atoms with Crippen molar-refractivity contribution < 1.29 is 4.79 Å². The number of carbonyl (C=O) groups excluding carboxylic acids is 1. The van der Waals surface area contributed by atoms with Crippen LogP contribution in [0.2, 0.25) is 0 Å². The summed E-state index contributed by atoms with van der Waals surface area (Å²) in [5, 5.41) is 2.78. The molecule has 1 amide bonds. The van der Waals surface area contributed by atoms with Crippen LogP contribution in [0.4, 0.5) is 5.69 Å². The van der Waals surface area contributed by atoms with E-state index in [0.717, 1.165) is 15.7 Å². The molecule has 0 aliphatic rings. The largest absolute Gasteiger partial charge is 0.326 e. The number of halogens is 1. The van der Waals surface area contributed by atoms with E-state index in [0.29, 0.717) is 12.8 Å². The Morgan fingerprint density at radius 2 is 2.33 bits per heavy atom. The maximum Gasteiger partial charge on any atom is 0.225 e. The van der Waals surface area contributed by atoms with Crippen molar-refractivity contribution in [3.63, 3.8) is 0 Å². The summed E-state index contributed by atoms with van der Waals surface area (Å²) >= 11 is 3.40. The summed E-state index contributed by atoms with van der Waals surface area (Å²) in [5.41, 5.74) is 1.92. The lowest BCUT2D eigenvalue weighted by Crippen LogP contribution is -2.10. The average Bonchev–Trinajstić information content (AvgIpc) is 2.20. The number of amides is 1. The normalized spacial score (nSPS) is 9.40. The Kier molecular flexibility index (Phi) is 4.38. The van der Waals surface area contributed by atoms with Crippen LogP contribution >= 0.6 is 15.9 Å². The van der Waals surface area contributed by atoms with Crippen molar-refractivity contribution in [2.45, 2.75) is 19.8 Å². The Labute approximate surface area is 98.2 Å². The molecule has 0 spiro atoms. The fourth-order valence-corrected chi connectivity index (χ4v) is 1.46. The van der Waals surface area contributed by atoms with Gasteiger partial charge in [-0.2, -0.15) is 0 Å². The molecule has 0 saturated carbocycles. The number of rotatable bonds is 3. The fraction of sp³-hybridized carbons (Fsp3) is 0.250. The zero-order chi connectivity index (χ0) is 11.3. The molecule has 15 heavy (non-hydrogen) atoms. The molecule has 1 aromatic rings. The van der Waals surface area contributed by atoms with Crippen LogP contribution in [0.15, 0.2) is 22.7 Å². The Bertz CT molecular complexity index is 407. The minimum atomic E-state index is -0.0521. The predicted molar refractivity (Wildman–Crippen MR) is 65.6 cm³/mol. The first kappa shape index (κ1) is 11.8.